The molecule has 0 bridgehead atoms. The second-order valence-corrected chi connectivity index (χ2v) is 5.14. The minimum atomic E-state index is -0.518. The summed E-state index contributed by atoms with van der Waals surface area (Å²) in [6, 6.07) is -0.293. The lowest BCUT2D eigenvalue weighted by atomic mass is 9.88. The Kier molecular flexibility index (Phi) is 3.40. The minimum Gasteiger partial charge on any atom is -0.342 e. The third-order valence-electron chi connectivity index (χ3n) is 4.13. The van der Waals surface area contributed by atoms with Crippen LogP contribution in [0, 0.1) is 0 Å². The molecule has 4 nitrogen and oxygen atoms in total. The third kappa shape index (κ3) is 1.83. The smallest absolute Gasteiger partial charge is 0.246 e. The van der Waals surface area contributed by atoms with Crippen LogP contribution >= 0.6 is 0 Å². The van der Waals surface area contributed by atoms with Crippen LogP contribution in [0.25, 0.3) is 0 Å². The molecule has 2 aliphatic rings. The lowest BCUT2D eigenvalue weighted by Gasteiger charge is -2.46. The highest BCUT2D eigenvalue weighted by Gasteiger charge is 2.52. The number of carbonyl (C=O) groups is 2. The molecule has 1 spiro atoms. The molecule has 0 radical (unpaired) electrons. The topological polar surface area (TPSA) is 49.4 Å². The normalized spacial score (nSPS) is 27.6. The van der Waals surface area contributed by atoms with Crippen molar-refractivity contribution < 1.29 is 9.59 Å². The highest BCUT2D eigenvalue weighted by Crippen LogP contribution is 2.38. The summed E-state index contributed by atoms with van der Waals surface area (Å²) >= 11 is 0. The Morgan fingerprint density at radius 3 is 2.47 bits per heavy atom. The fraction of sp³-hybridized carbons (Fsp3) is 0.846. The van der Waals surface area contributed by atoms with E-state index >= 15 is 0 Å². The summed E-state index contributed by atoms with van der Waals surface area (Å²) in [5.74, 6) is 0.200. The molecule has 2 rings (SSSR count). The van der Waals surface area contributed by atoms with Gasteiger partial charge < -0.3 is 10.2 Å². The zero-order chi connectivity index (χ0) is 12.5. The van der Waals surface area contributed by atoms with Gasteiger partial charge in [0.1, 0.15) is 11.6 Å². The monoisotopic (exact) mass is 238 g/mol. The minimum absolute atomic E-state index is 0.0786. The summed E-state index contributed by atoms with van der Waals surface area (Å²) in [6.07, 6.45) is 5.43. The number of nitrogens with zero attached hydrogens (tertiary/aromatic N) is 1. The maximum absolute atomic E-state index is 12.4. The van der Waals surface area contributed by atoms with Crippen LogP contribution in [-0.2, 0) is 9.59 Å². The molecular weight excluding hydrogens is 216 g/mol. The van der Waals surface area contributed by atoms with Gasteiger partial charge in [-0.05, 0) is 26.2 Å². The quantitative estimate of drug-likeness (QED) is 0.809. The van der Waals surface area contributed by atoms with Crippen molar-refractivity contribution in [2.75, 3.05) is 6.54 Å². The predicted octanol–water partition coefficient (Wildman–Crippen LogP) is 1.45. The molecule has 1 aliphatic carbocycles. The van der Waals surface area contributed by atoms with Crippen LogP contribution in [0.5, 0.6) is 0 Å². The highest BCUT2D eigenvalue weighted by molar-refractivity contribution is 6.00. The van der Waals surface area contributed by atoms with Crippen molar-refractivity contribution in [3.05, 3.63) is 0 Å². The largest absolute Gasteiger partial charge is 0.342 e. The molecule has 1 unspecified atom stereocenters. The van der Waals surface area contributed by atoms with Gasteiger partial charge in [-0.3, -0.25) is 9.59 Å². The lowest BCUT2D eigenvalue weighted by molar-refractivity contribution is -0.157. The number of carbonyl (C=O) groups excluding carboxylic acids is 2. The van der Waals surface area contributed by atoms with E-state index < -0.39 is 5.54 Å². The van der Waals surface area contributed by atoms with E-state index in [4.69, 9.17) is 0 Å². The standard InChI is InChI=1S/C13H22N2O2/c1-3-7-10-11(16)15(4-2)13(12(17)14-10)8-5-6-9-13/h10H,3-9H2,1-2H3,(H,14,17). The van der Waals surface area contributed by atoms with Crippen LogP contribution in [-0.4, -0.2) is 34.8 Å². The molecule has 2 amide bonds. The van der Waals surface area contributed by atoms with Gasteiger partial charge in [0.25, 0.3) is 0 Å². The first-order valence-corrected chi connectivity index (χ1v) is 6.78. The van der Waals surface area contributed by atoms with Crippen molar-refractivity contribution >= 4 is 11.8 Å². The Morgan fingerprint density at radius 1 is 1.29 bits per heavy atom. The first kappa shape index (κ1) is 12.4. The predicted molar refractivity (Wildman–Crippen MR) is 65.4 cm³/mol. The molecule has 2 fully saturated rings. The van der Waals surface area contributed by atoms with Gasteiger partial charge in [-0.1, -0.05) is 26.2 Å². The summed E-state index contributed by atoms with van der Waals surface area (Å²) in [7, 11) is 0. The summed E-state index contributed by atoms with van der Waals surface area (Å²) in [6.45, 7) is 4.65. The maximum atomic E-state index is 12.4. The van der Waals surface area contributed by atoms with Crippen LogP contribution in [0.15, 0.2) is 0 Å². The fourth-order valence-corrected chi connectivity index (χ4v) is 3.28. The molecular formula is C13H22N2O2. The SMILES string of the molecule is CCCC1NC(=O)C2(CCCC2)N(CC)C1=O. The average molecular weight is 238 g/mol. The zero-order valence-electron chi connectivity index (χ0n) is 10.8. The molecule has 4 heteroatoms. The molecule has 1 atom stereocenters. The Balaban J connectivity index is 2.25. The van der Waals surface area contributed by atoms with E-state index in [1.54, 1.807) is 0 Å². The molecule has 17 heavy (non-hydrogen) atoms. The van der Waals surface area contributed by atoms with Gasteiger partial charge in [-0.25, -0.2) is 0 Å². The Labute approximate surface area is 103 Å². The molecule has 1 aliphatic heterocycles. The molecule has 1 saturated heterocycles. The number of likely N-dealkylation sites (N-methyl/N-ethyl adjacent to an activating group) is 1. The molecule has 0 aromatic rings. The van der Waals surface area contributed by atoms with Crippen molar-refractivity contribution in [1.29, 1.82) is 0 Å². The van der Waals surface area contributed by atoms with Crippen molar-refractivity contribution in [2.45, 2.75) is 64.0 Å². The van der Waals surface area contributed by atoms with E-state index in [0.29, 0.717) is 6.54 Å². The van der Waals surface area contributed by atoms with Gasteiger partial charge >= 0.3 is 0 Å². The summed E-state index contributed by atoms with van der Waals surface area (Å²) in [5, 5.41) is 2.93. The Hall–Kier alpha value is -1.06. The zero-order valence-corrected chi connectivity index (χ0v) is 10.8. The molecule has 0 aromatic heterocycles. The van der Waals surface area contributed by atoms with Crippen LogP contribution in [0.4, 0.5) is 0 Å². The van der Waals surface area contributed by atoms with Crippen molar-refractivity contribution in [3.8, 4) is 0 Å². The Morgan fingerprint density at radius 2 is 1.94 bits per heavy atom. The van der Waals surface area contributed by atoms with E-state index in [9.17, 15) is 9.59 Å². The van der Waals surface area contributed by atoms with Gasteiger partial charge in [0.2, 0.25) is 11.8 Å². The van der Waals surface area contributed by atoms with E-state index in [-0.39, 0.29) is 17.9 Å². The van der Waals surface area contributed by atoms with Crippen molar-refractivity contribution in [3.63, 3.8) is 0 Å². The molecule has 1 N–H and O–H groups in total. The van der Waals surface area contributed by atoms with Crippen LogP contribution in [0.1, 0.15) is 52.4 Å². The van der Waals surface area contributed by atoms with Gasteiger partial charge in [0.05, 0.1) is 0 Å². The number of amides is 2. The molecule has 1 saturated carbocycles. The van der Waals surface area contributed by atoms with Gasteiger partial charge in [0, 0.05) is 6.54 Å². The molecule has 0 aromatic carbocycles. The van der Waals surface area contributed by atoms with Crippen molar-refractivity contribution in [2.24, 2.45) is 0 Å². The fourth-order valence-electron chi connectivity index (χ4n) is 3.28. The summed E-state index contributed by atoms with van der Waals surface area (Å²) in [4.78, 5) is 26.5. The third-order valence-corrected chi connectivity index (χ3v) is 4.13. The summed E-state index contributed by atoms with van der Waals surface area (Å²) < 4.78 is 0. The first-order valence-electron chi connectivity index (χ1n) is 6.78. The number of hydrogen-bond acceptors (Lipinski definition) is 2. The number of rotatable bonds is 3. The molecule has 1 heterocycles. The first-order chi connectivity index (χ1) is 8.15. The second-order valence-electron chi connectivity index (χ2n) is 5.14. The van der Waals surface area contributed by atoms with Crippen LogP contribution < -0.4 is 5.32 Å². The molecule has 96 valence electrons. The van der Waals surface area contributed by atoms with Gasteiger partial charge in [-0.2, -0.15) is 0 Å². The van der Waals surface area contributed by atoms with E-state index in [1.165, 1.54) is 0 Å². The van der Waals surface area contributed by atoms with Crippen LogP contribution in [0.3, 0.4) is 0 Å². The average Bonchev–Trinajstić information content (AvgIpc) is 2.78. The van der Waals surface area contributed by atoms with Gasteiger partial charge in [0.15, 0.2) is 0 Å². The van der Waals surface area contributed by atoms with E-state index in [1.807, 2.05) is 18.7 Å². The summed E-state index contributed by atoms with van der Waals surface area (Å²) in [5.41, 5.74) is -0.518. The maximum Gasteiger partial charge on any atom is 0.246 e. The van der Waals surface area contributed by atoms with E-state index in [2.05, 4.69) is 5.32 Å². The number of piperazine rings is 1. The number of nitrogens with one attached hydrogen (secondary N) is 1. The van der Waals surface area contributed by atoms with Gasteiger partial charge in [-0.15, -0.1) is 0 Å². The lowest BCUT2D eigenvalue weighted by Crippen LogP contribution is -2.69. The Bertz CT molecular complexity index is 321. The van der Waals surface area contributed by atoms with Crippen molar-refractivity contribution in [1.82, 2.24) is 10.2 Å². The van der Waals surface area contributed by atoms with Crippen LogP contribution in [0.2, 0.25) is 0 Å². The number of hydrogen-bond donors (Lipinski definition) is 1. The second kappa shape index (κ2) is 4.67. The van der Waals surface area contributed by atoms with E-state index in [0.717, 1.165) is 38.5 Å². The highest BCUT2D eigenvalue weighted by atomic mass is 16.2.